The summed E-state index contributed by atoms with van der Waals surface area (Å²) in [5.41, 5.74) is 4.08. The molecule has 0 bridgehead atoms. The summed E-state index contributed by atoms with van der Waals surface area (Å²) < 4.78 is 5.26. The number of aromatic nitrogens is 3. The molecule has 0 fully saturated rings. The van der Waals surface area contributed by atoms with Crippen molar-refractivity contribution in [1.29, 1.82) is 0 Å². The van der Waals surface area contributed by atoms with E-state index in [4.69, 9.17) is 16.3 Å². The third-order valence-corrected chi connectivity index (χ3v) is 3.95. The van der Waals surface area contributed by atoms with Crippen molar-refractivity contribution in [1.82, 2.24) is 15.0 Å². The molecule has 0 aliphatic rings. The average molecular weight is 337 g/mol. The van der Waals surface area contributed by atoms with E-state index in [-0.39, 0.29) is 0 Å². The van der Waals surface area contributed by atoms with E-state index in [0.717, 1.165) is 33.3 Å². The summed E-state index contributed by atoms with van der Waals surface area (Å²) in [5.74, 6) is 0.537. The first-order valence-electron chi connectivity index (χ1n) is 7.35. The Morgan fingerprint density at radius 3 is 2.58 bits per heavy atom. The fraction of sp³-hybridized carbons (Fsp3) is 0.0556. The van der Waals surface area contributed by atoms with E-state index in [1.807, 2.05) is 36.4 Å². The Labute approximate surface area is 143 Å². The molecule has 0 amide bonds. The predicted octanol–water partition coefficient (Wildman–Crippen LogP) is 4.58. The monoisotopic (exact) mass is 336 g/mol. The van der Waals surface area contributed by atoms with Gasteiger partial charge in [0.25, 0.3) is 0 Å². The van der Waals surface area contributed by atoms with Gasteiger partial charge in [-0.1, -0.05) is 11.6 Å². The van der Waals surface area contributed by atoms with E-state index < -0.39 is 0 Å². The molecule has 0 aliphatic heterocycles. The van der Waals surface area contributed by atoms with Crippen LogP contribution in [-0.4, -0.2) is 22.1 Å². The highest BCUT2D eigenvalue weighted by atomic mass is 35.5. The fourth-order valence-corrected chi connectivity index (χ4v) is 2.76. The Balaban J connectivity index is 2.03. The topological polar surface area (TPSA) is 59.9 Å². The van der Waals surface area contributed by atoms with Crippen LogP contribution in [0, 0.1) is 0 Å². The van der Waals surface area contributed by atoms with Crippen LogP contribution in [0.15, 0.2) is 54.9 Å². The number of rotatable bonds is 3. The molecule has 0 saturated heterocycles. The molecule has 1 aromatic carbocycles. The number of pyridine rings is 3. The van der Waals surface area contributed by atoms with Gasteiger partial charge in [-0.2, -0.15) is 0 Å². The molecule has 5 nitrogen and oxygen atoms in total. The van der Waals surface area contributed by atoms with Gasteiger partial charge in [-0.15, -0.1) is 0 Å². The SMILES string of the molecule is COc1ccc2nc3cc(Cl)ccc3c(Nc3ccncc3)c2n1. The summed E-state index contributed by atoms with van der Waals surface area (Å²) >= 11 is 6.13. The zero-order valence-electron chi connectivity index (χ0n) is 12.8. The summed E-state index contributed by atoms with van der Waals surface area (Å²) in [5, 5.41) is 5.00. The van der Waals surface area contributed by atoms with E-state index in [0.29, 0.717) is 10.9 Å². The molecule has 4 rings (SSSR count). The maximum Gasteiger partial charge on any atom is 0.213 e. The van der Waals surface area contributed by atoms with Crippen molar-refractivity contribution in [3.63, 3.8) is 0 Å². The number of halogens is 1. The summed E-state index contributed by atoms with van der Waals surface area (Å²) in [7, 11) is 1.60. The quantitative estimate of drug-likeness (QED) is 0.555. The Morgan fingerprint density at radius 1 is 0.958 bits per heavy atom. The fourth-order valence-electron chi connectivity index (χ4n) is 2.59. The number of fused-ring (bicyclic) bond motifs is 2. The van der Waals surface area contributed by atoms with Crippen molar-refractivity contribution in [2.45, 2.75) is 0 Å². The number of hydrogen-bond donors (Lipinski definition) is 1. The van der Waals surface area contributed by atoms with Gasteiger partial charge >= 0.3 is 0 Å². The van der Waals surface area contributed by atoms with Crippen LogP contribution in [0.25, 0.3) is 21.9 Å². The third-order valence-electron chi connectivity index (χ3n) is 3.71. The largest absolute Gasteiger partial charge is 0.481 e. The van der Waals surface area contributed by atoms with Crippen LogP contribution in [0.2, 0.25) is 5.02 Å². The molecule has 0 radical (unpaired) electrons. The number of nitrogens with one attached hydrogen (secondary N) is 1. The zero-order chi connectivity index (χ0) is 16.5. The van der Waals surface area contributed by atoms with Crippen molar-refractivity contribution >= 4 is 44.9 Å². The molecule has 1 N–H and O–H groups in total. The van der Waals surface area contributed by atoms with Crippen molar-refractivity contribution in [3.8, 4) is 5.88 Å². The van der Waals surface area contributed by atoms with Crippen LogP contribution in [0.1, 0.15) is 0 Å². The van der Waals surface area contributed by atoms with E-state index in [9.17, 15) is 0 Å². The van der Waals surface area contributed by atoms with Crippen LogP contribution in [0.3, 0.4) is 0 Å². The molecule has 3 heterocycles. The van der Waals surface area contributed by atoms with Crippen LogP contribution < -0.4 is 10.1 Å². The Bertz CT molecular complexity index is 1040. The molecule has 0 saturated carbocycles. The highest BCUT2D eigenvalue weighted by Gasteiger charge is 2.12. The number of methoxy groups -OCH3 is 1. The number of benzene rings is 1. The van der Waals surface area contributed by atoms with E-state index in [2.05, 4.69) is 20.3 Å². The Morgan fingerprint density at radius 2 is 1.79 bits per heavy atom. The lowest BCUT2D eigenvalue weighted by atomic mass is 10.1. The van der Waals surface area contributed by atoms with Gasteiger partial charge in [-0.3, -0.25) is 4.98 Å². The minimum Gasteiger partial charge on any atom is -0.481 e. The Hall–Kier alpha value is -2.92. The van der Waals surface area contributed by atoms with E-state index >= 15 is 0 Å². The first kappa shape index (κ1) is 14.7. The van der Waals surface area contributed by atoms with Gasteiger partial charge in [0.15, 0.2) is 0 Å². The van der Waals surface area contributed by atoms with Gasteiger partial charge in [-0.25, -0.2) is 9.97 Å². The minimum absolute atomic E-state index is 0.537. The van der Waals surface area contributed by atoms with Gasteiger partial charge in [0.1, 0.15) is 5.52 Å². The maximum atomic E-state index is 6.13. The van der Waals surface area contributed by atoms with E-state index in [1.165, 1.54) is 0 Å². The first-order chi connectivity index (χ1) is 11.7. The van der Waals surface area contributed by atoms with Gasteiger partial charge in [0.05, 0.1) is 23.8 Å². The van der Waals surface area contributed by atoms with Gasteiger partial charge in [-0.05, 0) is 36.4 Å². The molecule has 118 valence electrons. The van der Waals surface area contributed by atoms with Gasteiger partial charge in [0.2, 0.25) is 5.88 Å². The summed E-state index contributed by atoms with van der Waals surface area (Å²) in [4.78, 5) is 13.3. The van der Waals surface area contributed by atoms with Gasteiger partial charge in [0, 0.05) is 34.6 Å². The van der Waals surface area contributed by atoms with Crippen molar-refractivity contribution in [2.75, 3.05) is 12.4 Å². The molecule has 0 atom stereocenters. The molecule has 0 aliphatic carbocycles. The van der Waals surface area contributed by atoms with Crippen molar-refractivity contribution in [3.05, 3.63) is 59.9 Å². The zero-order valence-corrected chi connectivity index (χ0v) is 13.6. The molecule has 4 aromatic rings. The van der Waals surface area contributed by atoms with Crippen LogP contribution >= 0.6 is 11.6 Å². The van der Waals surface area contributed by atoms with Crippen LogP contribution in [0.4, 0.5) is 11.4 Å². The average Bonchev–Trinajstić information content (AvgIpc) is 2.62. The smallest absolute Gasteiger partial charge is 0.213 e. The predicted molar refractivity (Wildman–Crippen MR) is 96.1 cm³/mol. The molecular formula is C18H13ClN4O. The number of anilines is 2. The second-order valence-electron chi connectivity index (χ2n) is 5.23. The van der Waals surface area contributed by atoms with Crippen molar-refractivity contribution in [2.24, 2.45) is 0 Å². The minimum atomic E-state index is 0.537. The summed E-state index contributed by atoms with van der Waals surface area (Å²) in [6, 6.07) is 13.1. The van der Waals surface area contributed by atoms with E-state index in [1.54, 1.807) is 25.6 Å². The Kier molecular flexibility index (Phi) is 3.63. The molecule has 3 aromatic heterocycles. The number of nitrogens with zero attached hydrogens (tertiary/aromatic N) is 3. The first-order valence-corrected chi connectivity index (χ1v) is 7.73. The molecule has 24 heavy (non-hydrogen) atoms. The normalized spacial score (nSPS) is 10.9. The number of hydrogen-bond acceptors (Lipinski definition) is 5. The summed E-state index contributed by atoms with van der Waals surface area (Å²) in [6.45, 7) is 0. The molecule has 6 heteroatoms. The second kappa shape index (κ2) is 5.94. The molecular weight excluding hydrogens is 324 g/mol. The lowest BCUT2D eigenvalue weighted by molar-refractivity contribution is 0.399. The standard InChI is InChI=1S/C18H13ClN4O/c1-24-16-5-4-14-18(23-16)17(21-12-6-8-20-9-7-12)13-3-2-11(19)10-15(13)22-14/h2-10H,1H3,(H,20,21,22). The highest BCUT2D eigenvalue weighted by Crippen LogP contribution is 2.34. The van der Waals surface area contributed by atoms with Crippen molar-refractivity contribution < 1.29 is 4.74 Å². The molecule has 0 spiro atoms. The van der Waals surface area contributed by atoms with Gasteiger partial charge < -0.3 is 10.1 Å². The lowest BCUT2D eigenvalue weighted by Crippen LogP contribution is -1.98. The maximum absolute atomic E-state index is 6.13. The number of ether oxygens (including phenoxy) is 1. The molecule has 0 unspecified atom stereocenters. The summed E-state index contributed by atoms with van der Waals surface area (Å²) in [6.07, 6.45) is 3.47. The van der Waals surface area contributed by atoms with Crippen LogP contribution in [0.5, 0.6) is 5.88 Å². The third kappa shape index (κ3) is 2.59. The second-order valence-corrected chi connectivity index (χ2v) is 5.67. The lowest BCUT2D eigenvalue weighted by Gasteiger charge is -2.13. The van der Waals surface area contributed by atoms with Crippen LogP contribution in [-0.2, 0) is 0 Å². The highest BCUT2D eigenvalue weighted by molar-refractivity contribution is 6.31.